The Morgan fingerprint density at radius 2 is 1.85 bits per heavy atom. The molecule has 2 aliphatic rings. The average molecular weight is 377 g/mol. The second-order valence-electron chi connectivity index (χ2n) is 7.76. The molecule has 1 amide bonds. The van der Waals surface area contributed by atoms with Gasteiger partial charge in [0.15, 0.2) is 6.61 Å². The molecule has 0 aromatic carbocycles. The molecule has 7 nitrogen and oxygen atoms in total. The number of aromatic nitrogens is 2. The molecule has 0 bridgehead atoms. The molecule has 2 fully saturated rings. The van der Waals surface area contributed by atoms with Crippen LogP contribution in [0.5, 0.6) is 6.01 Å². The van der Waals surface area contributed by atoms with Crippen LogP contribution in [0.1, 0.15) is 42.6 Å². The molecular formula is C20H32N4O3. The van der Waals surface area contributed by atoms with Gasteiger partial charge in [-0.25, -0.2) is 9.97 Å². The zero-order valence-corrected chi connectivity index (χ0v) is 17.0. The maximum atomic E-state index is 12.5. The number of hydrogen-bond donors (Lipinski definition) is 0. The van der Waals surface area contributed by atoms with Gasteiger partial charge in [-0.1, -0.05) is 0 Å². The predicted octanol–water partition coefficient (Wildman–Crippen LogP) is 1.88. The molecule has 2 aliphatic heterocycles. The molecular weight excluding hydrogens is 344 g/mol. The molecule has 2 saturated heterocycles. The summed E-state index contributed by atoms with van der Waals surface area (Å²) in [5.74, 6) is -0.0212. The van der Waals surface area contributed by atoms with Gasteiger partial charge in [0.25, 0.3) is 5.91 Å². The van der Waals surface area contributed by atoms with Crippen LogP contribution in [-0.4, -0.2) is 77.7 Å². The summed E-state index contributed by atoms with van der Waals surface area (Å²) in [6.07, 6.45) is 4.75. The van der Waals surface area contributed by atoms with E-state index in [1.54, 1.807) is 0 Å². The number of nitrogens with zero attached hydrogens (tertiary/aromatic N) is 4. The largest absolute Gasteiger partial charge is 0.453 e. The van der Waals surface area contributed by atoms with E-state index >= 15 is 0 Å². The standard InChI is InChI=1S/C20H32N4O3/c1-14-15(2)21-20(22-16(14)3)27-13-19(25)23(4)17-7-9-24(10-8-17)12-18-6-5-11-26-18/h17-18H,5-13H2,1-4H3. The Labute approximate surface area is 162 Å². The number of ether oxygens (including phenoxy) is 2. The van der Waals surface area contributed by atoms with E-state index in [-0.39, 0.29) is 24.6 Å². The van der Waals surface area contributed by atoms with Gasteiger partial charge in [-0.2, -0.15) is 0 Å². The van der Waals surface area contributed by atoms with Gasteiger partial charge in [0.2, 0.25) is 0 Å². The molecule has 0 N–H and O–H groups in total. The van der Waals surface area contributed by atoms with Gasteiger partial charge in [0.05, 0.1) is 6.10 Å². The third-order valence-corrected chi connectivity index (χ3v) is 5.92. The summed E-state index contributed by atoms with van der Waals surface area (Å²) < 4.78 is 11.3. The van der Waals surface area contributed by atoms with Gasteiger partial charge in [-0.3, -0.25) is 4.79 Å². The van der Waals surface area contributed by atoms with Gasteiger partial charge in [0.1, 0.15) is 0 Å². The highest BCUT2D eigenvalue weighted by Crippen LogP contribution is 2.19. The number of hydrogen-bond acceptors (Lipinski definition) is 6. The highest BCUT2D eigenvalue weighted by molar-refractivity contribution is 5.77. The maximum absolute atomic E-state index is 12.5. The van der Waals surface area contributed by atoms with Crippen LogP contribution in [0.15, 0.2) is 0 Å². The number of amides is 1. The highest BCUT2D eigenvalue weighted by Gasteiger charge is 2.27. The first kappa shape index (κ1) is 20.0. The van der Waals surface area contributed by atoms with Crippen molar-refractivity contribution in [1.82, 2.24) is 19.8 Å². The quantitative estimate of drug-likeness (QED) is 0.755. The normalized spacial score (nSPS) is 21.4. The maximum Gasteiger partial charge on any atom is 0.317 e. The highest BCUT2D eigenvalue weighted by atomic mass is 16.5. The molecule has 1 unspecified atom stereocenters. The van der Waals surface area contributed by atoms with E-state index in [9.17, 15) is 4.79 Å². The fourth-order valence-corrected chi connectivity index (χ4v) is 3.80. The summed E-state index contributed by atoms with van der Waals surface area (Å²) in [7, 11) is 1.87. The monoisotopic (exact) mass is 376 g/mol. The van der Waals surface area contributed by atoms with E-state index in [4.69, 9.17) is 9.47 Å². The van der Waals surface area contributed by atoms with Crippen LogP contribution in [0.4, 0.5) is 0 Å². The Morgan fingerprint density at radius 3 is 2.44 bits per heavy atom. The molecule has 150 valence electrons. The van der Waals surface area contributed by atoms with E-state index in [2.05, 4.69) is 14.9 Å². The number of carbonyl (C=O) groups is 1. The lowest BCUT2D eigenvalue weighted by Crippen LogP contribution is -2.48. The summed E-state index contributed by atoms with van der Waals surface area (Å²) in [5, 5.41) is 0. The van der Waals surface area contributed by atoms with Gasteiger partial charge in [-0.05, 0) is 52.0 Å². The Balaban J connectivity index is 1.44. The molecule has 0 spiro atoms. The lowest BCUT2D eigenvalue weighted by Gasteiger charge is -2.37. The van der Waals surface area contributed by atoms with Crippen molar-refractivity contribution in [3.05, 3.63) is 17.0 Å². The van der Waals surface area contributed by atoms with Crippen molar-refractivity contribution in [1.29, 1.82) is 0 Å². The third kappa shape index (κ3) is 5.17. The molecule has 1 aromatic rings. The zero-order valence-electron chi connectivity index (χ0n) is 17.0. The molecule has 3 rings (SSSR count). The molecule has 1 aromatic heterocycles. The second-order valence-corrected chi connectivity index (χ2v) is 7.76. The predicted molar refractivity (Wildman–Crippen MR) is 103 cm³/mol. The topological polar surface area (TPSA) is 67.8 Å². The Kier molecular flexibility index (Phi) is 6.65. The Bertz CT molecular complexity index is 630. The second kappa shape index (κ2) is 8.97. The van der Waals surface area contributed by atoms with E-state index in [1.807, 2.05) is 32.7 Å². The van der Waals surface area contributed by atoms with E-state index in [0.717, 1.165) is 56.0 Å². The van der Waals surface area contributed by atoms with Crippen molar-refractivity contribution in [2.24, 2.45) is 0 Å². The van der Waals surface area contributed by atoms with Gasteiger partial charge < -0.3 is 19.3 Å². The Hall–Kier alpha value is -1.73. The summed E-state index contributed by atoms with van der Waals surface area (Å²) in [5.41, 5.74) is 2.83. The number of piperidine rings is 1. The fourth-order valence-electron chi connectivity index (χ4n) is 3.80. The summed E-state index contributed by atoms with van der Waals surface area (Å²) in [4.78, 5) is 25.4. The van der Waals surface area contributed by atoms with Crippen molar-refractivity contribution in [2.75, 3.05) is 39.9 Å². The number of likely N-dealkylation sites (N-methyl/N-ethyl adjacent to an activating group) is 1. The zero-order chi connectivity index (χ0) is 19.4. The van der Waals surface area contributed by atoms with Crippen LogP contribution in [-0.2, 0) is 9.53 Å². The van der Waals surface area contributed by atoms with Crippen LogP contribution in [0.3, 0.4) is 0 Å². The van der Waals surface area contributed by atoms with Crippen molar-refractivity contribution in [3.63, 3.8) is 0 Å². The summed E-state index contributed by atoms with van der Waals surface area (Å²) in [6.45, 7) is 9.78. The molecule has 0 saturated carbocycles. The SMILES string of the molecule is Cc1nc(OCC(=O)N(C)C2CCN(CC3CCCO3)CC2)nc(C)c1C. The van der Waals surface area contributed by atoms with Gasteiger partial charge in [0, 0.05) is 50.7 Å². The third-order valence-electron chi connectivity index (χ3n) is 5.92. The van der Waals surface area contributed by atoms with Crippen LogP contribution < -0.4 is 4.74 Å². The van der Waals surface area contributed by atoms with Crippen molar-refractivity contribution in [2.45, 2.75) is 58.6 Å². The minimum atomic E-state index is -0.0212. The summed E-state index contributed by atoms with van der Waals surface area (Å²) in [6, 6.07) is 0.549. The smallest absolute Gasteiger partial charge is 0.317 e. The number of carbonyl (C=O) groups excluding carboxylic acids is 1. The van der Waals surface area contributed by atoms with Crippen LogP contribution in [0.2, 0.25) is 0 Å². The summed E-state index contributed by atoms with van der Waals surface area (Å²) >= 11 is 0. The fraction of sp³-hybridized carbons (Fsp3) is 0.750. The van der Waals surface area contributed by atoms with E-state index < -0.39 is 0 Å². The van der Waals surface area contributed by atoms with E-state index in [1.165, 1.54) is 12.8 Å². The van der Waals surface area contributed by atoms with E-state index in [0.29, 0.717) is 6.10 Å². The lowest BCUT2D eigenvalue weighted by atomic mass is 10.0. The van der Waals surface area contributed by atoms with Crippen molar-refractivity contribution < 1.29 is 14.3 Å². The molecule has 7 heteroatoms. The lowest BCUT2D eigenvalue weighted by molar-refractivity contribution is -0.135. The molecule has 27 heavy (non-hydrogen) atoms. The van der Waals surface area contributed by atoms with Crippen LogP contribution >= 0.6 is 0 Å². The molecule has 3 heterocycles. The first-order chi connectivity index (χ1) is 12.9. The molecule has 0 aliphatic carbocycles. The molecule has 0 radical (unpaired) electrons. The minimum Gasteiger partial charge on any atom is -0.453 e. The van der Waals surface area contributed by atoms with Gasteiger partial charge in [-0.15, -0.1) is 0 Å². The van der Waals surface area contributed by atoms with Crippen molar-refractivity contribution >= 4 is 5.91 Å². The number of rotatable bonds is 6. The molecule has 1 atom stereocenters. The van der Waals surface area contributed by atoms with Crippen molar-refractivity contribution in [3.8, 4) is 6.01 Å². The average Bonchev–Trinajstić information content (AvgIpc) is 3.17. The number of likely N-dealkylation sites (tertiary alicyclic amines) is 1. The van der Waals surface area contributed by atoms with Gasteiger partial charge >= 0.3 is 6.01 Å². The Morgan fingerprint density at radius 1 is 1.19 bits per heavy atom. The minimum absolute atomic E-state index is 0.0193. The first-order valence-electron chi connectivity index (χ1n) is 9.98. The first-order valence-corrected chi connectivity index (χ1v) is 9.98. The van der Waals surface area contributed by atoms with Crippen LogP contribution in [0, 0.1) is 20.8 Å². The van der Waals surface area contributed by atoms with Crippen LogP contribution in [0.25, 0.3) is 0 Å². The number of aryl methyl sites for hydroxylation is 2.